The molecule has 0 bridgehead atoms. The molecule has 4 N–H and O–H groups in total. The Balaban J connectivity index is 1.06. The number of methoxy groups -OCH3 is 2. The summed E-state index contributed by atoms with van der Waals surface area (Å²) < 4.78 is 15.8. The number of ether oxygens (including phenoxy) is 2. The Bertz CT molecular complexity index is 2690. The monoisotopic (exact) mass is 833 g/mol. The minimum Gasteiger partial charge on any atom is -0.497 e. The van der Waals surface area contributed by atoms with Crippen LogP contribution in [0.5, 0.6) is 11.5 Å². The van der Waals surface area contributed by atoms with Crippen LogP contribution in [0.15, 0.2) is 94.8 Å². The Morgan fingerprint density at radius 1 is 0.689 bits per heavy atom. The van der Waals surface area contributed by atoms with Crippen molar-refractivity contribution in [2.75, 3.05) is 19.5 Å². The third-order valence-electron chi connectivity index (χ3n) is 10.2. The van der Waals surface area contributed by atoms with E-state index in [4.69, 9.17) is 19.5 Å². The molecule has 3 amide bonds. The number of hydroxylamine groups is 2. The van der Waals surface area contributed by atoms with Gasteiger partial charge >= 0.3 is 5.97 Å². The van der Waals surface area contributed by atoms with Crippen molar-refractivity contribution in [3.05, 3.63) is 117 Å². The maximum absolute atomic E-state index is 13.7. The van der Waals surface area contributed by atoms with Gasteiger partial charge in [-0.05, 0) is 62.1 Å². The van der Waals surface area contributed by atoms with E-state index in [0.29, 0.717) is 91.0 Å². The average Bonchev–Trinajstić information content (AvgIpc) is 3.65. The summed E-state index contributed by atoms with van der Waals surface area (Å²) >= 11 is 0. The lowest BCUT2D eigenvalue weighted by Crippen LogP contribution is -2.30. The van der Waals surface area contributed by atoms with E-state index in [1.54, 1.807) is 53.5 Å². The number of anilines is 1. The van der Waals surface area contributed by atoms with Gasteiger partial charge in [-0.25, -0.2) is 10.3 Å². The van der Waals surface area contributed by atoms with Crippen molar-refractivity contribution in [1.82, 2.24) is 29.9 Å². The molecular formula is C44H47N7O10. The van der Waals surface area contributed by atoms with Gasteiger partial charge in [-0.15, -0.1) is 0 Å². The first-order valence-corrected chi connectivity index (χ1v) is 19.8. The van der Waals surface area contributed by atoms with E-state index in [-0.39, 0.29) is 29.4 Å². The number of unbranched alkanes of at least 4 members (excludes halogenated alkanes) is 4. The molecule has 6 rings (SSSR count). The normalized spacial score (nSPS) is 11.0. The second-order valence-corrected chi connectivity index (χ2v) is 14.3. The number of aromatic nitrogens is 4. The Morgan fingerprint density at radius 3 is 1.82 bits per heavy atom. The predicted octanol–water partition coefficient (Wildman–Crippen LogP) is 5.50. The maximum Gasteiger partial charge on any atom is 0.368 e. The summed E-state index contributed by atoms with van der Waals surface area (Å²) in [4.78, 5) is 83.0. The molecule has 61 heavy (non-hydrogen) atoms. The molecule has 318 valence electrons. The van der Waals surface area contributed by atoms with Crippen LogP contribution in [0.4, 0.5) is 5.82 Å². The highest BCUT2D eigenvalue weighted by molar-refractivity contribution is 6.05. The molecule has 0 saturated heterocycles. The average molecular weight is 834 g/mol. The fourth-order valence-corrected chi connectivity index (χ4v) is 6.96. The Kier molecular flexibility index (Phi) is 14.3. The van der Waals surface area contributed by atoms with Crippen LogP contribution in [0.2, 0.25) is 0 Å². The highest BCUT2D eigenvalue weighted by atomic mass is 16.7. The number of hydrogen-bond donors (Lipinski definition) is 4. The molecule has 0 fully saturated rings. The highest BCUT2D eigenvalue weighted by Gasteiger charge is 2.21. The number of aryl methyl sites for hydroxylation is 3. The topological polar surface area (TPSA) is 214 Å². The second kappa shape index (κ2) is 20.1. The number of nitrogens with one attached hydrogen (secondary N) is 3. The first-order chi connectivity index (χ1) is 29.5. The van der Waals surface area contributed by atoms with Gasteiger partial charge in [0.15, 0.2) is 0 Å². The molecule has 0 unspecified atom stereocenters. The van der Waals surface area contributed by atoms with Gasteiger partial charge in [-0.3, -0.25) is 33.9 Å². The predicted molar refractivity (Wildman–Crippen MR) is 227 cm³/mol. The van der Waals surface area contributed by atoms with E-state index in [0.717, 1.165) is 5.56 Å². The molecule has 17 nitrogen and oxygen atoms in total. The number of hydrogen-bond acceptors (Lipinski definition) is 11. The zero-order valence-electron chi connectivity index (χ0n) is 34.1. The van der Waals surface area contributed by atoms with E-state index in [9.17, 15) is 28.8 Å². The minimum atomic E-state index is -1.03. The van der Waals surface area contributed by atoms with Gasteiger partial charge in [0.05, 0.1) is 41.7 Å². The van der Waals surface area contributed by atoms with Gasteiger partial charge in [-0.2, -0.15) is 10.6 Å². The van der Waals surface area contributed by atoms with Crippen LogP contribution in [-0.4, -0.2) is 62.0 Å². The number of carbonyl (C=O) groups excluding carboxylic acids is 4. The van der Waals surface area contributed by atoms with Gasteiger partial charge in [-0.1, -0.05) is 43.2 Å². The summed E-state index contributed by atoms with van der Waals surface area (Å²) in [7, 11) is 4.66. The largest absolute Gasteiger partial charge is 0.497 e. The van der Waals surface area contributed by atoms with Crippen LogP contribution in [0.1, 0.15) is 72.1 Å². The molecular weight excluding hydrogens is 787 g/mol. The molecule has 0 aliphatic heterocycles. The Morgan fingerprint density at radius 2 is 1.25 bits per heavy atom. The molecule has 3 aromatic heterocycles. The molecule has 3 aromatic carbocycles. The zero-order chi connectivity index (χ0) is 43.5. The number of nitrogens with zero attached hydrogens (tertiary/aromatic N) is 4. The highest BCUT2D eigenvalue weighted by Crippen LogP contribution is 2.24. The molecule has 0 radical (unpaired) electrons. The first kappa shape index (κ1) is 43.3. The van der Waals surface area contributed by atoms with Crippen molar-refractivity contribution in [2.45, 2.75) is 64.5 Å². The number of rotatable bonds is 18. The summed E-state index contributed by atoms with van der Waals surface area (Å²) in [5.41, 5.74) is 5.08. The SMILES string of the molecule is COc1ccc2c(c1)c(=O)c(C(=O)Nc1cc(-c3ccccc3)nn1C)cn2CCCCCC(=O)NOC(=O)c1cn(CCCCCC(=O)NO)c2ccc(OC)cc2c1=O. The number of fused-ring (bicyclic) bond motifs is 2. The molecule has 0 aliphatic carbocycles. The van der Waals surface area contributed by atoms with Crippen LogP contribution in [0.25, 0.3) is 33.1 Å². The lowest BCUT2D eigenvalue weighted by Gasteiger charge is -2.15. The van der Waals surface area contributed by atoms with Crippen molar-refractivity contribution < 1.29 is 38.7 Å². The number of benzene rings is 3. The lowest BCUT2D eigenvalue weighted by molar-refractivity contribution is -0.130. The van der Waals surface area contributed by atoms with Gasteiger partial charge in [0.1, 0.15) is 28.4 Å². The fraction of sp³-hybridized carbons (Fsp3) is 0.295. The summed E-state index contributed by atoms with van der Waals surface area (Å²) in [6.45, 7) is 0.830. The summed E-state index contributed by atoms with van der Waals surface area (Å²) in [5, 5.41) is 16.6. The van der Waals surface area contributed by atoms with Gasteiger partial charge < -0.3 is 28.8 Å². The third kappa shape index (κ3) is 10.5. The van der Waals surface area contributed by atoms with Gasteiger partial charge in [0.25, 0.3) is 11.8 Å². The van der Waals surface area contributed by atoms with Crippen LogP contribution >= 0.6 is 0 Å². The zero-order valence-corrected chi connectivity index (χ0v) is 34.1. The summed E-state index contributed by atoms with van der Waals surface area (Å²) in [6.07, 6.45) is 6.46. The molecule has 0 atom stereocenters. The molecule has 0 aliphatic rings. The second-order valence-electron chi connectivity index (χ2n) is 14.3. The Labute approximate surface area is 349 Å². The van der Waals surface area contributed by atoms with E-state index in [2.05, 4.69) is 15.9 Å². The van der Waals surface area contributed by atoms with Crippen LogP contribution in [0, 0.1) is 0 Å². The van der Waals surface area contributed by atoms with Crippen LogP contribution < -0.4 is 36.6 Å². The molecule has 3 heterocycles. The lowest BCUT2D eigenvalue weighted by atomic mass is 10.1. The van der Waals surface area contributed by atoms with Crippen molar-refractivity contribution in [1.29, 1.82) is 0 Å². The maximum atomic E-state index is 13.7. The van der Waals surface area contributed by atoms with Crippen molar-refractivity contribution in [2.24, 2.45) is 7.05 Å². The smallest absolute Gasteiger partial charge is 0.368 e. The summed E-state index contributed by atoms with van der Waals surface area (Å²) in [5.74, 6) is -1.37. The van der Waals surface area contributed by atoms with Crippen molar-refractivity contribution in [3.8, 4) is 22.8 Å². The standard InChI is InChI=1S/C44H47N7O10/c1-49-38(25-35(46-49)28-13-7-4-8-14-28)45-43(56)33-26-50(36-19-17-29(59-2)23-31(36)41(33)54)21-12-6-10-16-40(53)48-61-44(57)34-27-51(22-11-5-9-15-39(52)47-58)37-20-18-30(60-3)24-32(37)42(34)55/h4,7-8,13-14,17-20,23-27,58H,5-6,9-12,15-16,21-22H2,1-3H3,(H,45,56)(H,47,52)(H,48,53). The quantitative estimate of drug-likeness (QED) is 0.0482. The third-order valence-corrected chi connectivity index (χ3v) is 10.2. The van der Waals surface area contributed by atoms with Crippen LogP contribution in [-0.2, 0) is 34.6 Å². The van der Waals surface area contributed by atoms with Gasteiger partial charge in [0.2, 0.25) is 16.8 Å². The molecule has 0 saturated carbocycles. The first-order valence-electron chi connectivity index (χ1n) is 19.8. The van der Waals surface area contributed by atoms with E-state index in [1.165, 1.54) is 37.4 Å². The van der Waals surface area contributed by atoms with Crippen molar-refractivity contribution in [3.63, 3.8) is 0 Å². The number of carbonyl (C=O) groups is 4. The van der Waals surface area contributed by atoms with E-state index >= 15 is 0 Å². The number of pyridine rings is 2. The summed E-state index contributed by atoms with van der Waals surface area (Å²) in [6, 6.07) is 21.3. The molecule has 0 spiro atoms. The molecule has 17 heteroatoms. The number of amides is 3. The minimum absolute atomic E-state index is 0.0200. The van der Waals surface area contributed by atoms with Gasteiger partial charge in [0, 0.05) is 57.0 Å². The van der Waals surface area contributed by atoms with Crippen molar-refractivity contribution >= 4 is 51.3 Å². The van der Waals surface area contributed by atoms with E-state index in [1.807, 2.05) is 34.9 Å². The van der Waals surface area contributed by atoms with E-state index < -0.39 is 34.5 Å². The molecule has 6 aromatic rings. The Hall–Kier alpha value is -7.27. The van der Waals surface area contributed by atoms with Crippen LogP contribution in [0.3, 0.4) is 0 Å². The fourth-order valence-electron chi connectivity index (χ4n) is 6.96.